The van der Waals surface area contributed by atoms with Gasteiger partial charge in [-0.2, -0.15) is 0 Å². The Bertz CT molecular complexity index is 538. The molecular formula is C16H27IN4O3. The zero-order valence-electron chi connectivity index (χ0n) is 14.6. The number of rotatable bonds is 8. The molecule has 1 rings (SSSR count). The molecule has 7 nitrogen and oxygen atoms in total. The van der Waals surface area contributed by atoms with Crippen LogP contribution in [0.1, 0.15) is 19.4 Å². The Hall–Kier alpha value is -1.55. The lowest BCUT2D eigenvalue weighted by atomic mass is 10.2. The Kier molecular flexibility index (Phi) is 12.0. The van der Waals surface area contributed by atoms with Crippen LogP contribution in [0.5, 0.6) is 5.75 Å². The molecule has 0 bridgehead atoms. The van der Waals surface area contributed by atoms with E-state index in [1.807, 2.05) is 25.1 Å². The van der Waals surface area contributed by atoms with Gasteiger partial charge in [0.15, 0.2) is 5.96 Å². The molecular weight excluding hydrogens is 423 g/mol. The summed E-state index contributed by atoms with van der Waals surface area (Å²) < 4.78 is 10.5. The lowest BCUT2D eigenvalue weighted by molar-refractivity contribution is -0.114. The van der Waals surface area contributed by atoms with Crippen molar-refractivity contribution in [3.63, 3.8) is 0 Å². The minimum absolute atomic E-state index is 0. The number of ether oxygens (including phenoxy) is 2. The van der Waals surface area contributed by atoms with Crippen LogP contribution in [0.3, 0.4) is 0 Å². The van der Waals surface area contributed by atoms with Gasteiger partial charge in [0.25, 0.3) is 0 Å². The second-order valence-electron chi connectivity index (χ2n) is 4.77. The number of aliphatic imine (C=N–C) groups is 1. The van der Waals surface area contributed by atoms with Crippen LogP contribution >= 0.6 is 24.0 Å². The van der Waals surface area contributed by atoms with Gasteiger partial charge in [-0.05, 0) is 24.6 Å². The average molecular weight is 450 g/mol. The molecule has 0 radical (unpaired) electrons. The molecule has 0 fully saturated rings. The standard InChI is InChI=1S/C16H26N4O3.HI/c1-5-23-9-8-18-16(17-3)19-11-13-6-7-15(22-4)14(10-13)20-12(2)21;/h6-7,10H,5,8-9,11H2,1-4H3,(H,20,21)(H2,17,18,19);1H. The number of carbonyl (C=O) groups excluding carboxylic acids is 1. The number of hydrogen-bond acceptors (Lipinski definition) is 4. The number of halogens is 1. The van der Waals surface area contributed by atoms with E-state index in [0.717, 1.165) is 5.56 Å². The molecule has 0 unspecified atom stereocenters. The Morgan fingerprint density at radius 1 is 1.29 bits per heavy atom. The zero-order valence-corrected chi connectivity index (χ0v) is 17.0. The maximum Gasteiger partial charge on any atom is 0.221 e. The predicted molar refractivity (Wildman–Crippen MR) is 107 cm³/mol. The van der Waals surface area contributed by atoms with E-state index in [0.29, 0.717) is 43.7 Å². The summed E-state index contributed by atoms with van der Waals surface area (Å²) in [4.78, 5) is 15.4. The highest BCUT2D eigenvalue weighted by Gasteiger charge is 2.06. The van der Waals surface area contributed by atoms with Gasteiger partial charge in [-0.15, -0.1) is 24.0 Å². The third-order valence-electron chi connectivity index (χ3n) is 3.00. The van der Waals surface area contributed by atoms with Crippen molar-refractivity contribution in [2.75, 3.05) is 39.2 Å². The first kappa shape index (κ1) is 22.4. The molecule has 0 spiro atoms. The van der Waals surface area contributed by atoms with Crippen molar-refractivity contribution in [2.45, 2.75) is 20.4 Å². The highest BCUT2D eigenvalue weighted by atomic mass is 127. The number of nitrogens with one attached hydrogen (secondary N) is 3. The van der Waals surface area contributed by atoms with Crippen LogP contribution in [-0.2, 0) is 16.1 Å². The predicted octanol–water partition coefficient (Wildman–Crippen LogP) is 1.97. The summed E-state index contributed by atoms with van der Waals surface area (Å²) in [7, 11) is 3.29. The summed E-state index contributed by atoms with van der Waals surface area (Å²) in [5.74, 6) is 1.19. The molecule has 1 aromatic rings. The van der Waals surface area contributed by atoms with Crippen LogP contribution in [0.2, 0.25) is 0 Å². The van der Waals surface area contributed by atoms with Crippen LogP contribution in [0, 0.1) is 0 Å². The molecule has 0 aromatic heterocycles. The van der Waals surface area contributed by atoms with Gasteiger partial charge >= 0.3 is 0 Å². The van der Waals surface area contributed by atoms with Gasteiger partial charge in [-0.25, -0.2) is 0 Å². The number of guanidine groups is 1. The number of hydrogen-bond donors (Lipinski definition) is 3. The van der Waals surface area contributed by atoms with Gasteiger partial charge in [0, 0.05) is 33.7 Å². The van der Waals surface area contributed by atoms with E-state index >= 15 is 0 Å². The Balaban J connectivity index is 0.00000529. The first-order valence-corrected chi connectivity index (χ1v) is 7.57. The fraction of sp³-hybridized carbons (Fsp3) is 0.500. The van der Waals surface area contributed by atoms with Gasteiger partial charge < -0.3 is 25.4 Å². The van der Waals surface area contributed by atoms with E-state index in [4.69, 9.17) is 9.47 Å². The zero-order chi connectivity index (χ0) is 17.1. The number of benzene rings is 1. The van der Waals surface area contributed by atoms with Crippen molar-refractivity contribution in [1.82, 2.24) is 10.6 Å². The number of anilines is 1. The summed E-state index contributed by atoms with van der Waals surface area (Å²) in [6.45, 7) is 6.02. The highest BCUT2D eigenvalue weighted by Crippen LogP contribution is 2.25. The van der Waals surface area contributed by atoms with Crippen LogP contribution in [0.15, 0.2) is 23.2 Å². The molecule has 0 heterocycles. The first-order valence-electron chi connectivity index (χ1n) is 7.57. The number of carbonyl (C=O) groups is 1. The van der Waals surface area contributed by atoms with Crippen molar-refractivity contribution < 1.29 is 14.3 Å². The first-order chi connectivity index (χ1) is 11.1. The SMILES string of the molecule is CCOCCNC(=NC)NCc1ccc(OC)c(NC(C)=O)c1.I. The molecule has 1 amide bonds. The molecule has 24 heavy (non-hydrogen) atoms. The topological polar surface area (TPSA) is 84.0 Å². The molecule has 0 saturated heterocycles. The van der Waals surface area contributed by atoms with Gasteiger partial charge in [0.2, 0.25) is 5.91 Å². The molecule has 0 saturated carbocycles. The molecule has 0 atom stereocenters. The van der Waals surface area contributed by atoms with Gasteiger partial charge in [-0.1, -0.05) is 6.07 Å². The molecule has 3 N–H and O–H groups in total. The Morgan fingerprint density at radius 2 is 2.04 bits per heavy atom. The quantitative estimate of drug-likeness (QED) is 0.244. The van der Waals surface area contributed by atoms with Crippen LogP contribution in [0.25, 0.3) is 0 Å². The molecule has 136 valence electrons. The van der Waals surface area contributed by atoms with E-state index in [2.05, 4.69) is 20.9 Å². The molecule has 0 aliphatic carbocycles. The summed E-state index contributed by atoms with van der Waals surface area (Å²) in [5.41, 5.74) is 1.65. The number of methoxy groups -OCH3 is 1. The monoisotopic (exact) mass is 450 g/mol. The smallest absolute Gasteiger partial charge is 0.221 e. The lowest BCUT2D eigenvalue weighted by Gasteiger charge is -2.14. The van der Waals surface area contributed by atoms with E-state index in [1.165, 1.54) is 6.92 Å². The minimum Gasteiger partial charge on any atom is -0.495 e. The lowest BCUT2D eigenvalue weighted by Crippen LogP contribution is -2.38. The Labute approximate surface area is 160 Å². The van der Waals surface area contributed by atoms with Crippen molar-refractivity contribution in [1.29, 1.82) is 0 Å². The second kappa shape index (κ2) is 12.8. The summed E-state index contributed by atoms with van der Waals surface area (Å²) in [6.07, 6.45) is 0. The van der Waals surface area contributed by atoms with Gasteiger partial charge in [-0.3, -0.25) is 9.79 Å². The third kappa shape index (κ3) is 8.34. The maximum atomic E-state index is 11.3. The number of amides is 1. The van der Waals surface area contributed by atoms with Crippen LogP contribution < -0.4 is 20.7 Å². The average Bonchev–Trinajstić information content (AvgIpc) is 2.54. The van der Waals surface area contributed by atoms with Crippen LogP contribution in [-0.4, -0.2) is 45.8 Å². The summed E-state index contributed by atoms with van der Waals surface area (Å²) >= 11 is 0. The normalized spacial score (nSPS) is 10.6. The van der Waals surface area contributed by atoms with E-state index in [9.17, 15) is 4.79 Å². The van der Waals surface area contributed by atoms with Crippen molar-refractivity contribution >= 4 is 41.5 Å². The highest BCUT2D eigenvalue weighted by molar-refractivity contribution is 14.0. The third-order valence-corrected chi connectivity index (χ3v) is 3.00. The maximum absolute atomic E-state index is 11.3. The van der Waals surface area contributed by atoms with Crippen molar-refractivity contribution in [3.05, 3.63) is 23.8 Å². The van der Waals surface area contributed by atoms with Gasteiger partial charge in [0.05, 0.1) is 19.4 Å². The Morgan fingerprint density at radius 3 is 2.62 bits per heavy atom. The fourth-order valence-electron chi connectivity index (χ4n) is 1.94. The number of nitrogens with zero attached hydrogens (tertiary/aromatic N) is 1. The summed E-state index contributed by atoms with van der Waals surface area (Å²) in [5, 5.41) is 9.13. The fourth-order valence-corrected chi connectivity index (χ4v) is 1.94. The molecule has 8 heteroatoms. The van der Waals surface area contributed by atoms with Crippen molar-refractivity contribution in [3.8, 4) is 5.75 Å². The van der Waals surface area contributed by atoms with E-state index in [-0.39, 0.29) is 29.9 Å². The molecule has 0 aliphatic heterocycles. The molecule has 1 aromatic carbocycles. The van der Waals surface area contributed by atoms with Crippen LogP contribution in [0.4, 0.5) is 5.69 Å². The van der Waals surface area contributed by atoms with E-state index in [1.54, 1.807) is 14.2 Å². The van der Waals surface area contributed by atoms with E-state index < -0.39 is 0 Å². The largest absolute Gasteiger partial charge is 0.495 e. The van der Waals surface area contributed by atoms with Crippen molar-refractivity contribution in [2.24, 2.45) is 4.99 Å². The minimum atomic E-state index is -0.137. The summed E-state index contributed by atoms with van der Waals surface area (Å²) in [6, 6.07) is 5.64. The second-order valence-corrected chi connectivity index (χ2v) is 4.77. The molecule has 0 aliphatic rings. The van der Waals surface area contributed by atoms with Gasteiger partial charge in [0.1, 0.15) is 5.75 Å².